The standard InChI is InChI=1S/C14H27NO2/c1-11-8-14(6-7-17-11)15-9-12-4-2-3-5-13(12)10-16/h11-16H,2-10H2,1H3. The lowest BCUT2D eigenvalue weighted by atomic mass is 9.79. The molecule has 0 aromatic carbocycles. The van der Waals surface area contributed by atoms with Gasteiger partial charge in [0, 0.05) is 19.3 Å². The highest BCUT2D eigenvalue weighted by molar-refractivity contribution is 4.80. The largest absolute Gasteiger partial charge is 0.396 e. The molecule has 2 N–H and O–H groups in total. The first-order valence-corrected chi connectivity index (χ1v) is 7.25. The van der Waals surface area contributed by atoms with Crippen molar-refractivity contribution in [3.8, 4) is 0 Å². The van der Waals surface area contributed by atoms with Gasteiger partial charge in [-0.3, -0.25) is 0 Å². The van der Waals surface area contributed by atoms with Gasteiger partial charge in [-0.15, -0.1) is 0 Å². The van der Waals surface area contributed by atoms with Crippen molar-refractivity contribution in [2.24, 2.45) is 11.8 Å². The first kappa shape index (κ1) is 13.3. The second kappa shape index (κ2) is 6.72. The van der Waals surface area contributed by atoms with Crippen LogP contribution in [0.4, 0.5) is 0 Å². The molecule has 1 saturated heterocycles. The quantitative estimate of drug-likeness (QED) is 0.790. The molecular weight excluding hydrogens is 214 g/mol. The zero-order chi connectivity index (χ0) is 12.1. The van der Waals surface area contributed by atoms with E-state index >= 15 is 0 Å². The Morgan fingerprint density at radius 2 is 1.94 bits per heavy atom. The Hall–Kier alpha value is -0.120. The van der Waals surface area contributed by atoms with Gasteiger partial charge in [-0.2, -0.15) is 0 Å². The molecule has 17 heavy (non-hydrogen) atoms. The molecule has 0 radical (unpaired) electrons. The van der Waals surface area contributed by atoms with Crippen molar-refractivity contribution in [2.75, 3.05) is 19.8 Å². The molecule has 1 saturated carbocycles. The smallest absolute Gasteiger partial charge is 0.0561 e. The summed E-state index contributed by atoms with van der Waals surface area (Å²) in [6.07, 6.45) is 7.83. The molecule has 2 fully saturated rings. The number of hydrogen-bond donors (Lipinski definition) is 2. The zero-order valence-electron chi connectivity index (χ0n) is 11.0. The fourth-order valence-corrected chi connectivity index (χ4v) is 3.30. The molecule has 2 aliphatic rings. The van der Waals surface area contributed by atoms with Gasteiger partial charge in [0.2, 0.25) is 0 Å². The van der Waals surface area contributed by atoms with E-state index in [1.165, 1.54) is 25.7 Å². The summed E-state index contributed by atoms with van der Waals surface area (Å²) >= 11 is 0. The molecule has 1 aliphatic carbocycles. The molecule has 0 spiro atoms. The molecule has 100 valence electrons. The third-order valence-corrected chi connectivity index (χ3v) is 4.45. The number of rotatable bonds is 4. The van der Waals surface area contributed by atoms with Crippen LogP contribution in [0.2, 0.25) is 0 Å². The molecule has 2 rings (SSSR count). The highest BCUT2D eigenvalue weighted by Gasteiger charge is 2.26. The predicted molar refractivity (Wildman–Crippen MR) is 69.0 cm³/mol. The Morgan fingerprint density at radius 3 is 2.65 bits per heavy atom. The van der Waals surface area contributed by atoms with Crippen LogP contribution in [0.25, 0.3) is 0 Å². The third kappa shape index (κ3) is 3.94. The van der Waals surface area contributed by atoms with E-state index in [4.69, 9.17) is 4.74 Å². The summed E-state index contributed by atoms with van der Waals surface area (Å²) in [6, 6.07) is 0.625. The van der Waals surface area contributed by atoms with Gasteiger partial charge >= 0.3 is 0 Å². The number of nitrogens with one attached hydrogen (secondary N) is 1. The van der Waals surface area contributed by atoms with E-state index in [2.05, 4.69) is 12.2 Å². The zero-order valence-corrected chi connectivity index (χ0v) is 11.0. The molecule has 3 nitrogen and oxygen atoms in total. The van der Waals surface area contributed by atoms with E-state index in [1.807, 2.05) is 0 Å². The second-order valence-electron chi connectivity index (χ2n) is 5.80. The van der Waals surface area contributed by atoms with E-state index in [0.29, 0.717) is 30.6 Å². The van der Waals surface area contributed by atoms with Crippen molar-refractivity contribution in [1.82, 2.24) is 5.32 Å². The summed E-state index contributed by atoms with van der Waals surface area (Å²) < 4.78 is 5.56. The molecule has 1 heterocycles. The maximum absolute atomic E-state index is 9.39. The molecule has 3 heteroatoms. The van der Waals surface area contributed by atoms with Crippen LogP contribution in [0.5, 0.6) is 0 Å². The van der Waals surface area contributed by atoms with Crippen LogP contribution in [-0.2, 0) is 4.74 Å². The predicted octanol–water partition coefficient (Wildman–Crippen LogP) is 1.94. The van der Waals surface area contributed by atoms with E-state index < -0.39 is 0 Å². The van der Waals surface area contributed by atoms with Gasteiger partial charge in [-0.25, -0.2) is 0 Å². The molecule has 0 bridgehead atoms. The fraction of sp³-hybridized carbons (Fsp3) is 1.00. The van der Waals surface area contributed by atoms with Gasteiger partial charge in [-0.05, 0) is 51.0 Å². The van der Waals surface area contributed by atoms with Crippen LogP contribution < -0.4 is 5.32 Å². The number of aliphatic hydroxyl groups excluding tert-OH is 1. The average Bonchev–Trinajstić information content (AvgIpc) is 2.37. The van der Waals surface area contributed by atoms with Crippen LogP contribution in [0.3, 0.4) is 0 Å². The normalized spacial score (nSPS) is 39.2. The third-order valence-electron chi connectivity index (χ3n) is 4.45. The summed E-state index contributed by atoms with van der Waals surface area (Å²) in [4.78, 5) is 0. The summed E-state index contributed by atoms with van der Waals surface area (Å²) in [5.41, 5.74) is 0. The van der Waals surface area contributed by atoms with Crippen molar-refractivity contribution >= 4 is 0 Å². The molecule has 0 aromatic heterocycles. The van der Waals surface area contributed by atoms with Gasteiger partial charge in [0.1, 0.15) is 0 Å². The average molecular weight is 241 g/mol. The minimum absolute atomic E-state index is 0.372. The monoisotopic (exact) mass is 241 g/mol. The Balaban J connectivity index is 1.72. The molecule has 0 aromatic rings. The lowest BCUT2D eigenvalue weighted by Gasteiger charge is -2.34. The van der Waals surface area contributed by atoms with Crippen molar-refractivity contribution in [3.05, 3.63) is 0 Å². The first-order chi connectivity index (χ1) is 8.29. The van der Waals surface area contributed by atoms with Crippen molar-refractivity contribution in [2.45, 2.75) is 57.6 Å². The molecule has 4 unspecified atom stereocenters. The number of hydrogen-bond acceptors (Lipinski definition) is 3. The van der Waals surface area contributed by atoms with Crippen LogP contribution >= 0.6 is 0 Å². The summed E-state index contributed by atoms with van der Waals surface area (Å²) in [7, 11) is 0. The Bertz CT molecular complexity index is 222. The van der Waals surface area contributed by atoms with Crippen molar-refractivity contribution < 1.29 is 9.84 Å². The summed E-state index contributed by atoms with van der Waals surface area (Å²) in [5.74, 6) is 1.22. The van der Waals surface area contributed by atoms with Crippen molar-refractivity contribution in [3.63, 3.8) is 0 Å². The lowest BCUT2D eigenvalue weighted by Crippen LogP contribution is -2.42. The van der Waals surface area contributed by atoms with Crippen LogP contribution in [-0.4, -0.2) is 37.0 Å². The minimum atomic E-state index is 0.372. The Kier molecular flexibility index (Phi) is 5.26. The van der Waals surface area contributed by atoms with E-state index in [-0.39, 0.29) is 0 Å². The van der Waals surface area contributed by atoms with Gasteiger partial charge < -0.3 is 15.2 Å². The topological polar surface area (TPSA) is 41.5 Å². The van der Waals surface area contributed by atoms with Gasteiger partial charge in [-0.1, -0.05) is 12.8 Å². The fourth-order valence-electron chi connectivity index (χ4n) is 3.30. The number of ether oxygens (including phenoxy) is 1. The second-order valence-corrected chi connectivity index (χ2v) is 5.80. The molecule has 0 amide bonds. The lowest BCUT2D eigenvalue weighted by molar-refractivity contribution is 0.0112. The van der Waals surface area contributed by atoms with Crippen LogP contribution in [0.15, 0.2) is 0 Å². The maximum atomic E-state index is 9.39. The summed E-state index contributed by atoms with van der Waals surface area (Å²) in [5, 5.41) is 13.1. The van der Waals surface area contributed by atoms with Gasteiger partial charge in [0.15, 0.2) is 0 Å². The Morgan fingerprint density at radius 1 is 1.18 bits per heavy atom. The van der Waals surface area contributed by atoms with Gasteiger partial charge in [0.05, 0.1) is 6.10 Å². The highest BCUT2D eigenvalue weighted by atomic mass is 16.5. The maximum Gasteiger partial charge on any atom is 0.0561 e. The van der Waals surface area contributed by atoms with Crippen LogP contribution in [0, 0.1) is 11.8 Å². The van der Waals surface area contributed by atoms with E-state index in [1.54, 1.807) is 0 Å². The SMILES string of the molecule is CC1CC(NCC2CCCCC2CO)CCO1. The summed E-state index contributed by atoms with van der Waals surface area (Å²) in [6.45, 7) is 4.51. The highest BCUT2D eigenvalue weighted by Crippen LogP contribution is 2.29. The van der Waals surface area contributed by atoms with Crippen molar-refractivity contribution in [1.29, 1.82) is 0 Å². The molecular formula is C14H27NO2. The molecule has 1 aliphatic heterocycles. The van der Waals surface area contributed by atoms with E-state index in [0.717, 1.165) is 26.0 Å². The minimum Gasteiger partial charge on any atom is -0.396 e. The first-order valence-electron chi connectivity index (χ1n) is 7.25. The number of aliphatic hydroxyl groups is 1. The van der Waals surface area contributed by atoms with E-state index in [9.17, 15) is 5.11 Å². The molecule has 4 atom stereocenters. The Labute approximate surface area is 105 Å². The van der Waals surface area contributed by atoms with Crippen LogP contribution in [0.1, 0.15) is 45.4 Å². The van der Waals surface area contributed by atoms with Gasteiger partial charge in [0.25, 0.3) is 0 Å².